The number of hydrogen-bond donors (Lipinski definition) is 1. The van der Waals surface area contributed by atoms with Crippen molar-refractivity contribution in [2.75, 3.05) is 32.7 Å². The van der Waals surface area contributed by atoms with E-state index >= 15 is 0 Å². The first-order valence-corrected chi connectivity index (χ1v) is 7.28. The Balaban J connectivity index is 2.14. The van der Waals surface area contributed by atoms with Crippen LogP contribution in [0.15, 0.2) is 0 Å². The SMILES string of the molecule is CC(C)N(CCCC(=O)O)CCCN1CCCC1. The van der Waals surface area contributed by atoms with Crippen molar-refractivity contribution in [3.05, 3.63) is 0 Å². The number of hydrogen-bond acceptors (Lipinski definition) is 3. The molecule has 1 saturated heterocycles. The van der Waals surface area contributed by atoms with Crippen molar-refractivity contribution in [3.63, 3.8) is 0 Å². The molecule has 1 fully saturated rings. The van der Waals surface area contributed by atoms with Gasteiger partial charge in [-0.2, -0.15) is 0 Å². The van der Waals surface area contributed by atoms with Gasteiger partial charge in [0.05, 0.1) is 0 Å². The molecule has 0 radical (unpaired) electrons. The Hall–Kier alpha value is -0.610. The zero-order chi connectivity index (χ0) is 13.4. The van der Waals surface area contributed by atoms with Crippen LogP contribution in [-0.2, 0) is 4.79 Å². The lowest BCUT2D eigenvalue weighted by atomic mass is 10.2. The van der Waals surface area contributed by atoms with E-state index in [2.05, 4.69) is 23.6 Å². The van der Waals surface area contributed by atoms with Crippen molar-refractivity contribution in [3.8, 4) is 0 Å². The highest BCUT2D eigenvalue weighted by Crippen LogP contribution is 2.09. The van der Waals surface area contributed by atoms with E-state index < -0.39 is 5.97 Å². The summed E-state index contributed by atoms with van der Waals surface area (Å²) in [5, 5.41) is 8.66. The molecule has 1 heterocycles. The molecule has 0 aromatic rings. The lowest BCUT2D eigenvalue weighted by Gasteiger charge is -2.27. The average Bonchev–Trinajstić information content (AvgIpc) is 2.79. The fourth-order valence-corrected chi connectivity index (χ4v) is 2.57. The van der Waals surface area contributed by atoms with Crippen molar-refractivity contribution >= 4 is 5.97 Å². The summed E-state index contributed by atoms with van der Waals surface area (Å²) in [7, 11) is 0. The number of likely N-dealkylation sites (tertiary alicyclic amines) is 1. The fraction of sp³-hybridized carbons (Fsp3) is 0.929. The van der Waals surface area contributed by atoms with Gasteiger partial charge in [0.15, 0.2) is 0 Å². The van der Waals surface area contributed by atoms with Crippen LogP contribution in [0.2, 0.25) is 0 Å². The molecule has 4 heteroatoms. The van der Waals surface area contributed by atoms with E-state index in [0.29, 0.717) is 6.04 Å². The summed E-state index contributed by atoms with van der Waals surface area (Å²) in [6.45, 7) is 10.1. The van der Waals surface area contributed by atoms with Crippen molar-refractivity contribution in [2.24, 2.45) is 0 Å². The average molecular weight is 256 g/mol. The predicted octanol–water partition coefficient (Wildman–Crippen LogP) is 2.05. The Bertz CT molecular complexity index is 238. The maximum atomic E-state index is 10.5. The van der Waals surface area contributed by atoms with Crippen LogP contribution < -0.4 is 0 Å². The minimum absolute atomic E-state index is 0.287. The molecule has 0 bridgehead atoms. The third-order valence-corrected chi connectivity index (χ3v) is 3.68. The fourth-order valence-electron chi connectivity index (χ4n) is 2.57. The van der Waals surface area contributed by atoms with Gasteiger partial charge in [0, 0.05) is 12.5 Å². The number of rotatable bonds is 9. The second kappa shape index (κ2) is 8.48. The largest absolute Gasteiger partial charge is 0.481 e. The first kappa shape index (κ1) is 15.4. The van der Waals surface area contributed by atoms with Gasteiger partial charge in [-0.15, -0.1) is 0 Å². The summed E-state index contributed by atoms with van der Waals surface area (Å²) in [5.41, 5.74) is 0. The zero-order valence-corrected chi connectivity index (χ0v) is 11.9. The van der Waals surface area contributed by atoms with E-state index in [0.717, 1.165) is 19.5 Å². The lowest BCUT2D eigenvalue weighted by molar-refractivity contribution is -0.137. The van der Waals surface area contributed by atoms with Crippen LogP contribution in [0.3, 0.4) is 0 Å². The Kier molecular flexibility index (Phi) is 7.28. The van der Waals surface area contributed by atoms with Crippen molar-refractivity contribution in [1.82, 2.24) is 9.80 Å². The van der Waals surface area contributed by atoms with E-state index in [-0.39, 0.29) is 6.42 Å². The van der Waals surface area contributed by atoms with Gasteiger partial charge in [-0.3, -0.25) is 4.79 Å². The molecule has 18 heavy (non-hydrogen) atoms. The molecule has 0 aromatic carbocycles. The maximum absolute atomic E-state index is 10.5. The summed E-state index contributed by atoms with van der Waals surface area (Å²) in [6, 6.07) is 0.511. The monoisotopic (exact) mass is 256 g/mol. The highest BCUT2D eigenvalue weighted by Gasteiger charge is 2.13. The lowest BCUT2D eigenvalue weighted by Crippen LogP contribution is -2.35. The minimum atomic E-state index is -0.684. The number of carboxylic acids is 1. The molecule has 0 amide bonds. The van der Waals surface area contributed by atoms with Gasteiger partial charge in [-0.25, -0.2) is 0 Å². The molecular weight excluding hydrogens is 228 g/mol. The number of nitrogens with zero attached hydrogens (tertiary/aromatic N) is 2. The first-order chi connectivity index (χ1) is 8.59. The van der Waals surface area contributed by atoms with Gasteiger partial charge in [-0.1, -0.05) is 0 Å². The quantitative estimate of drug-likeness (QED) is 0.685. The second-order valence-electron chi connectivity index (χ2n) is 5.53. The molecule has 0 atom stereocenters. The van der Waals surface area contributed by atoms with Crippen molar-refractivity contribution < 1.29 is 9.90 Å². The van der Waals surface area contributed by atoms with Gasteiger partial charge in [0.1, 0.15) is 0 Å². The standard InChI is InChI=1S/C14H28N2O2/c1-13(2)16(11-5-7-14(17)18)12-6-10-15-8-3-4-9-15/h13H,3-12H2,1-2H3,(H,17,18). The molecule has 1 aliphatic heterocycles. The van der Waals surface area contributed by atoms with E-state index in [1.807, 2.05) is 0 Å². The molecule has 0 spiro atoms. The van der Waals surface area contributed by atoms with E-state index in [1.165, 1.54) is 38.9 Å². The van der Waals surface area contributed by atoms with Gasteiger partial charge >= 0.3 is 5.97 Å². The topological polar surface area (TPSA) is 43.8 Å². The normalized spacial score (nSPS) is 16.9. The zero-order valence-electron chi connectivity index (χ0n) is 11.9. The summed E-state index contributed by atoms with van der Waals surface area (Å²) >= 11 is 0. The molecule has 1 rings (SSSR count). The molecule has 106 valence electrons. The van der Waals surface area contributed by atoms with Gasteiger partial charge in [0.2, 0.25) is 0 Å². The predicted molar refractivity (Wildman–Crippen MR) is 73.9 cm³/mol. The van der Waals surface area contributed by atoms with Crippen molar-refractivity contribution in [1.29, 1.82) is 0 Å². The van der Waals surface area contributed by atoms with E-state index in [9.17, 15) is 4.79 Å². The molecule has 1 aliphatic rings. The Morgan fingerprint density at radius 2 is 1.83 bits per heavy atom. The molecule has 0 unspecified atom stereocenters. The Morgan fingerprint density at radius 3 is 2.39 bits per heavy atom. The number of carbonyl (C=O) groups is 1. The summed E-state index contributed by atoms with van der Waals surface area (Å²) in [6.07, 6.45) is 4.96. The van der Waals surface area contributed by atoms with E-state index in [1.54, 1.807) is 0 Å². The van der Waals surface area contributed by atoms with Crippen LogP contribution in [0.1, 0.15) is 46.0 Å². The maximum Gasteiger partial charge on any atom is 0.303 e. The van der Waals surface area contributed by atoms with Crippen LogP contribution in [0.4, 0.5) is 0 Å². The van der Waals surface area contributed by atoms with Crippen LogP contribution >= 0.6 is 0 Å². The molecule has 4 nitrogen and oxygen atoms in total. The van der Waals surface area contributed by atoms with Crippen molar-refractivity contribution in [2.45, 2.75) is 52.0 Å². The Labute approximate surface area is 111 Å². The van der Waals surface area contributed by atoms with Crippen LogP contribution in [0.25, 0.3) is 0 Å². The van der Waals surface area contributed by atoms with Crippen LogP contribution in [0, 0.1) is 0 Å². The van der Waals surface area contributed by atoms with E-state index in [4.69, 9.17) is 5.11 Å². The summed E-state index contributed by atoms with van der Waals surface area (Å²) in [4.78, 5) is 15.5. The molecule has 0 saturated carbocycles. The molecular formula is C14H28N2O2. The second-order valence-corrected chi connectivity index (χ2v) is 5.53. The minimum Gasteiger partial charge on any atom is -0.481 e. The third-order valence-electron chi connectivity index (χ3n) is 3.68. The molecule has 0 aliphatic carbocycles. The van der Waals surface area contributed by atoms with Crippen LogP contribution in [0.5, 0.6) is 0 Å². The highest BCUT2D eigenvalue weighted by molar-refractivity contribution is 5.66. The third kappa shape index (κ3) is 6.36. The van der Waals surface area contributed by atoms with Gasteiger partial charge in [-0.05, 0) is 72.3 Å². The van der Waals surface area contributed by atoms with Gasteiger partial charge in [0.25, 0.3) is 0 Å². The van der Waals surface area contributed by atoms with Gasteiger partial charge < -0.3 is 14.9 Å². The molecule has 1 N–H and O–H groups in total. The highest BCUT2D eigenvalue weighted by atomic mass is 16.4. The Morgan fingerprint density at radius 1 is 1.22 bits per heavy atom. The number of carboxylic acid groups (broad SMARTS) is 1. The molecule has 0 aromatic heterocycles. The number of aliphatic carboxylic acids is 1. The van der Waals surface area contributed by atoms with Crippen LogP contribution in [-0.4, -0.2) is 59.6 Å². The smallest absolute Gasteiger partial charge is 0.303 e. The summed E-state index contributed by atoms with van der Waals surface area (Å²) < 4.78 is 0. The summed E-state index contributed by atoms with van der Waals surface area (Å²) in [5.74, 6) is -0.684. The first-order valence-electron chi connectivity index (χ1n) is 7.28.